The maximum absolute atomic E-state index is 12.9. The van der Waals surface area contributed by atoms with Crippen molar-refractivity contribution in [1.82, 2.24) is 10.6 Å². The minimum Gasteiger partial charge on any atom is -0.383 e. The fourth-order valence-corrected chi connectivity index (χ4v) is 2.11. The second-order valence-corrected chi connectivity index (χ2v) is 5.01. The molecule has 1 aromatic carbocycles. The maximum Gasteiger partial charge on any atom is 0.230 e. The Labute approximate surface area is 133 Å². The molecule has 2 N–H and O–H groups in total. The van der Waals surface area contributed by atoms with Crippen molar-refractivity contribution in [3.05, 3.63) is 29.8 Å². The van der Waals surface area contributed by atoms with Crippen LogP contribution >= 0.6 is 24.2 Å². The zero-order valence-corrected chi connectivity index (χ0v) is 13.3. The molecule has 21 heavy (non-hydrogen) atoms. The Morgan fingerprint density at radius 2 is 2.00 bits per heavy atom. The van der Waals surface area contributed by atoms with Crippen molar-refractivity contribution in [3.8, 4) is 0 Å². The van der Waals surface area contributed by atoms with E-state index in [-0.39, 0.29) is 24.1 Å². The molecule has 4 nitrogen and oxygen atoms in total. The van der Waals surface area contributed by atoms with Crippen LogP contribution in [0.1, 0.15) is 0 Å². The number of carbonyl (C=O) groups is 1. The minimum absolute atomic E-state index is 0. The number of carbonyl (C=O) groups excluding carboxylic acids is 1. The monoisotopic (exact) mass is 340 g/mol. The number of benzene rings is 1. The van der Waals surface area contributed by atoms with Gasteiger partial charge < -0.3 is 15.4 Å². The van der Waals surface area contributed by atoms with E-state index in [1.807, 2.05) is 0 Å². The van der Waals surface area contributed by atoms with Crippen LogP contribution in [0, 0.1) is 11.6 Å². The van der Waals surface area contributed by atoms with Crippen molar-refractivity contribution >= 4 is 30.1 Å². The standard InChI is InChI=1S/C13H18F2N2O2S.ClH/c1-19-7-6-16-4-5-17-13(18)9-20-10-2-3-11(14)12(15)8-10;/h2-3,8,16H,4-7,9H2,1H3,(H,17,18);1H. The van der Waals surface area contributed by atoms with Crippen LogP contribution in [-0.4, -0.2) is 45.0 Å². The van der Waals surface area contributed by atoms with Crippen LogP contribution < -0.4 is 10.6 Å². The summed E-state index contributed by atoms with van der Waals surface area (Å²) in [6.07, 6.45) is 0. The van der Waals surface area contributed by atoms with E-state index in [2.05, 4.69) is 10.6 Å². The molecule has 0 heterocycles. The van der Waals surface area contributed by atoms with Gasteiger partial charge in [-0.15, -0.1) is 24.2 Å². The lowest BCUT2D eigenvalue weighted by atomic mass is 10.3. The Morgan fingerprint density at radius 1 is 1.24 bits per heavy atom. The minimum atomic E-state index is -0.905. The van der Waals surface area contributed by atoms with Gasteiger partial charge in [-0.05, 0) is 18.2 Å². The average molecular weight is 341 g/mol. The molecule has 0 aliphatic rings. The number of rotatable bonds is 9. The molecular formula is C13H19ClF2N2O2S. The lowest BCUT2D eigenvalue weighted by Gasteiger charge is -2.06. The van der Waals surface area contributed by atoms with Gasteiger partial charge in [0.05, 0.1) is 12.4 Å². The molecule has 0 aliphatic heterocycles. The van der Waals surface area contributed by atoms with E-state index in [1.165, 1.54) is 6.07 Å². The van der Waals surface area contributed by atoms with Gasteiger partial charge in [-0.25, -0.2) is 8.78 Å². The summed E-state index contributed by atoms with van der Waals surface area (Å²) in [5.41, 5.74) is 0. The van der Waals surface area contributed by atoms with Crippen molar-refractivity contribution in [2.24, 2.45) is 0 Å². The van der Waals surface area contributed by atoms with E-state index in [1.54, 1.807) is 7.11 Å². The van der Waals surface area contributed by atoms with Crippen LogP contribution in [0.4, 0.5) is 8.78 Å². The summed E-state index contributed by atoms with van der Waals surface area (Å²) in [4.78, 5) is 12.0. The Bertz CT molecular complexity index is 439. The molecule has 0 aliphatic carbocycles. The van der Waals surface area contributed by atoms with Gasteiger partial charge in [-0.2, -0.15) is 0 Å². The van der Waals surface area contributed by atoms with Gasteiger partial charge >= 0.3 is 0 Å². The number of methoxy groups -OCH3 is 1. The molecule has 0 spiro atoms. The summed E-state index contributed by atoms with van der Waals surface area (Å²) >= 11 is 1.16. The van der Waals surface area contributed by atoms with Gasteiger partial charge in [0.1, 0.15) is 0 Å². The molecule has 0 atom stereocenters. The predicted octanol–water partition coefficient (Wildman–Crippen LogP) is 1.83. The first-order valence-electron chi connectivity index (χ1n) is 6.17. The fraction of sp³-hybridized carbons (Fsp3) is 0.462. The third-order valence-electron chi connectivity index (χ3n) is 2.37. The van der Waals surface area contributed by atoms with Gasteiger partial charge in [0, 0.05) is 31.6 Å². The van der Waals surface area contributed by atoms with Crippen LogP contribution in [0.3, 0.4) is 0 Å². The second-order valence-electron chi connectivity index (χ2n) is 3.96. The first-order chi connectivity index (χ1) is 9.63. The van der Waals surface area contributed by atoms with Crippen molar-refractivity contribution in [2.75, 3.05) is 39.1 Å². The van der Waals surface area contributed by atoms with Gasteiger partial charge in [0.2, 0.25) is 5.91 Å². The normalized spacial score (nSPS) is 10.0. The average Bonchev–Trinajstić information content (AvgIpc) is 2.44. The Morgan fingerprint density at radius 3 is 2.67 bits per heavy atom. The summed E-state index contributed by atoms with van der Waals surface area (Å²) < 4.78 is 30.5. The zero-order valence-electron chi connectivity index (χ0n) is 11.7. The molecule has 0 bridgehead atoms. The molecule has 0 aromatic heterocycles. The van der Waals surface area contributed by atoms with E-state index in [9.17, 15) is 13.6 Å². The number of ether oxygens (including phenoxy) is 1. The third kappa shape index (κ3) is 8.87. The molecule has 0 saturated carbocycles. The van der Waals surface area contributed by atoms with Crippen molar-refractivity contribution < 1.29 is 18.3 Å². The Hall–Kier alpha value is -0.890. The largest absolute Gasteiger partial charge is 0.383 e. The summed E-state index contributed by atoms with van der Waals surface area (Å²) in [5, 5.41) is 5.82. The third-order valence-corrected chi connectivity index (χ3v) is 3.36. The van der Waals surface area contributed by atoms with E-state index in [0.717, 1.165) is 30.4 Å². The molecule has 0 unspecified atom stereocenters. The molecule has 0 saturated heterocycles. The number of thioether (sulfide) groups is 1. The number of halogens is 3. The highest BCUT2D eigenvalue weighted by molar-refractivity contribution is 8.00. The van der Waals surface area contributed by atoms with Crippen LogP contribution in [0.2, 0.25) is 0 Å². The molecular weight excluding hydrogens is 322 g/mol. The van der Waals surface area contributed by atoms with E-state index < -0.39 is 11.6 Å². The van der Waals surface area contributed by atoms with E-state index >= 15 is 0 Å². The molecule has 1 rings (SSSR count). The highest BCUT2D eigenvalue weighted by atomic mass is 35.5. The van der Waals surface area contributed by atoms with Gasteiger partial charge in [-0.3, -0.25) is 4.79 Å². The van der Waals surface area contributed by atoms with Crippen LogP contribution in [0.5, 0.6) is 0 Å². The fourth-order valence-electron chi connectivity index (χ4n) is 1.36. The summed E-state index contributed by atoms with van der Waals surface area (Å²) in [7, 11) is 1.62. The highest BCUT2D eigenvalue weighted by Crippen LogP contribution is 2.19. The van der Waals surface area contributed by atoms with Gasteiger partial charge in [-0.1, -0.05) is 0 Å². The number of hydrogen-bond acceptors (Lipinski definition) is 4. The van der Waals surface area contributed by atoms with Crippen molar-refractivity contribution in [1.29, 1.82) is 0 Å². The first-order valence-corrected chi connectivity index (χ1v) is 7.16. The van der Waals surface area contributed by atoms with Crippen molar-refractivity contribution in [2.45, 2.75) is 4.90 Å². The lowest BCUT2D eigenvalue weighted by Crippen LogP contribution is -2.33. The Balaban J connectivity index is 0.00000400. The number of hydrogen-bond donors (Lipinski definition) is 2. The highest BCUT2D eigenvalue weighted by Gasteiger charge is 2.05. The molecule has 8 heteroatoms. The molecule has 120 valence electrons. The lowest BCUT2D eigenvalue weighted by molar-refractivity contribution is -0.118. The number of amides is 1. The SMILES string of the molecule is COCCNCCNC(=O)CSc1ccc(F)c(F)c1.Cl. The van der Waals surface area contributed by atoms with Crippen LogP contribution in [0.15, 0.2) is 23.1 Å². The summed E-state index contributed by atoms with van der Waals surface area (Å²) in [5.74, 6) is -1.77. The molecule has 0 fully saturated rings. The quantitative estimate of drug-likeness (QED) is 0.532. The van der Waals surface area contributed by atoms with Gasteiger partial charge in [0.15, 0.2) is 11.6 Å². The second kappa shape index (κ2) is 11.7. The maximum atomic E-state index is 12.9. The Kier molecular flexibility index (Phi) is 11.2. The molecule has 0 radical (unpaired) electrons. The van der Waals surface area contributed by atoms with E-state index in [4.69, 9.17) is 4.74 Å². The summed E-state index contributed by atoms with van der Waals surface area (Å²) in [6.45, 7) is 2.53. The molecule has 1 amide bonds. The van der Waals surface area contributed by atoms with E-state index in [0.29, 0.717) is 24.6 Å². The van der Waals surface area contributed by atoms with Crippen LogP contribution in [-0.2, 0) is 9.53 Å². The molecule has 1 aromatic rings. The smallest absolute Gasteiger partial charge is 0.230 e. The van der Waals surface area contributed by atoms with Crippen LogP contribution in [0.25, 0.3) is 0 Å². The predicted molar refractivity (Wildman–Crippen MR) is 82.1 cm³/mol. The zero-order chi connectivity index (χ0) is 14.8. The van der Waals surface area contributed by atoms with Gasteiger partial charge in [0.25, 0.3) is 0 Å². The topological polar surface area (TPSA) is 50.4 Å². The first kappa shape index (κ1) is 20.1. The number of nitrogens with one attached hydrogen (secondary N) is 2. The summed E-state index contributed by atoms with van der Waals surface area (Å²) in [6, 6.07) is 3.58. The van der Waals surface area contributed by atoms with Crippen molar-refractivity contribution in [3.63, 3.8) is 0 Å².